The molecule has 1 atom stereocenters. The number of carbonyl (C=O) groups is 1. The van der Waals surface area contributed by atoms with Gasteiger partial charge in [-0.15, -0.1) is 0 Å². The first-order chi connectivity index (χ1) is 7.11. The minimum absolute atomic E-state index is 0.110. The summed E-state index contributed by atoms with van der Waals surface area (Å²) in [5, 5.41) is 19.8. The predicted molar refractivity (Wildman–Crippen MR) is 50.5 cm³/mol. The molecule has 0 radical (unpaired) electrons. The predicted octanol–water partition coefficient (Wildman–Crippen LogP) is 0.0192. The van der Waals surface area contributed by atoms with Crippen LogP contribution in [-0.2, 0) is 14.3 Å². The maximum Gasteiger partial charge on any atom is 0.315 e. The fourth-order valence-electron chi connectivity index (χ4n) is 2.49. The van der Waals surface area contributed by atoms with Crippen LogP contribution in [0.4, 0.5) is 0 Å². The molecular formula is C10H16O5. The van der Waals surface area contributed by atoms with Gasteiger partial charge in [0.05, 0.1) is 12.2 Å². The highest BCUT2D eigenvalue weighted by molar-refractivity contribution is 5.77. The van der Waals surface area contributed by atoms with E-state index in [-0.39, 0.29) is 6.61 Å². The standard InChI is InChI=1S/C10H16O5/c11-8(12)9(1-4-15-7-9)10(13)2-5-14-6-3-10/h13H,1-7H2,(H,11,12). The Kier molecular flexibility index (Phi) is 2.70. The van der Waals surface area contributed by atoms with Crippen LogP contribution in [0.5, 0.6) is 0 Å². The average molecular weight is 216 g/mol. The molecule has 2 aliphatic heterocycles. The molecule has 5 heteroatoms. The summed E-state index contributed by atoms with van der Waals surface area (Å²) in [5.41, 5.74) is -2.30. The monoisotopic (exact) mass is 216 g/mol. The van der Waals surface area contributed by atoms with Crippen molar-refractivity contribution in [2.24, 2.45) is 5.41 Å². The van der Waals surface area contributed by atoms with Gasteiger partial charge in [-0.1, -0.05) is 0 Å². The van der Waals surface area contributed by atoms with E-state index >= 15 is 0 Å². The molecule has 2 fully saturated rings. The van der Waals surface area contributed by atoms with Crippen LogP contribution in [0.15, 0.2) is 0 Å². The zero-order chi connectivity index (χ0) is 10.9. The third-order valence-corrected chi connectivity index (χ3v) is 3.64. The van der Waals surface area contributed by atoms with E-state index in [0.717, 1.165) is 0 Å². The number of aliphatic hydroxyl groups is 1. The number of hydrogen-bond donors (Lipinski definition) is 2. The van der Waals surface area contributed by atoms with Crippen LogP contribution < -0.4 is 0 Å². The number of carboxylic acids is 1. The van der Waals surface area contributed by atoms with Gasteiger partial charge in [-0.3, -0.25) is 4.79 Å². The van der Waals surface area contributed by atoms with Gasteiger partial charge in [-0.25, -0.2) is 0 Å². The summed E-state index contributed by atoms with van der Waals surface area (Å²) in [5.74, 6) is -0.954. The molecule has 2 N–H and O–H groups in total. The Bertz CT molecular complexity index is 251. The number of carboxylic acid groups (broad SMARTS) is 1. The van der Waals surface area contributed by atoms with E-state index in [1.165, 1.54) is 0 Å². The zero-order valence-corrected chi connectivity index (χ0v) is 8.57. The molecule has 5 nitrogen and oxygen atoms in total. The smallest absolute Gasteiger partial charge is 0.315 e. The van der Waals surface area contributed by atoms with Crippen molar-refractivity contribution >= 4 is 5.97 Å². The second-order valence-corrected chi connectivity index (χ2v) is 4.33. The van der Waals surface area contributed by atoms with Crippen molar-refractivity contribution in [1.82, 2.24) is 0 Å². The molecular weight excluding hydrogens is 200 g/mol. The quantitative estimate of drug-likeness (QED) is 0.680. The molecule has 86 valence electrons. The molecule has 2 aliphatic rings. The van der Waals surface area contributed by atoms with Gasteiger partial charge in [0.2, 0.25) is 0 Å². The zero-order valence-electron chi connectivity index (χ0n) is 8.57. The summed E-state index contributed by atoms with van der Waals surface area (Å²) in [6.07, 6.45) is 1.14. The van der Waals surface area contributed by atoms with Crippen LogP contribution in [0.2, 0.25) is 0 Å². The van der Waals surface area contributed by atoms with Gasteiger partial charge in [0, 0.05) is 32.7 Å². The first kappa shape index (κ1) is 10.9. The fraction of sp³-hybridized carbons (Fsp3) is 0.900. The Morgan fingerprint density at radius 1 is 1.07 bits per heavy atom. The van der Waals surface area contributed by atoms with Crippen LogP contribution >= 0.6 is 0 Å². The van der Waals surface area contributed by atoms with Crippen LogP contribution in [0.3, 0.4) is 0 Å². The average Bonchev–Trinajstić information content (AvgIpc) is 2.69. The second-order valence-electron chi connectivity index (χ2n) is 4.33. The van der Waals surface area contributed by atoms with Crippen LogP contribution in [0.25, 0.3) is 0 Å². The van der Waals surface area contributed by atoms with E-state index in [2.05, 4.69) is 0 Å². The molecule has 0 saturated carbocycles. The Balaban J connectivity index is 2.26. The van der Waals surface area contributed by atoms with E-state index in [0.29, 0.717) is 39.1 Å². The summed E-state index contributed by atoms with van der Waals surface area (Å²) < 4.78 is 10.3. The Labute approximate surface area is 88.0 Å². The number of aliphatic carboxylic acids is 1. The summed E-state index contributed by atoms with van der Waals surface area (Å²) >= 11 is 0. The molecule has 0 amide bonds. The Morgan fingerprint density at radius 2 is 1.67 bits per heavy atom. The third kappa shape index (κ3) is 1.55. The van der Waals surface area contributed by atoms with Gasteiger partial charge in [-0.05, 0) is 6.42 Å². The van der Waals surface area contributed by atoms with Gasteiger partial charge < -0.3 is 19.7 Å². The van der Waals surface area contributed by atoms with Gasteiger partial charge in [0.1, 0.15) is 5.41 Å². The molecule has 0 spiro atoms. The topological polar surface area (TPSA) is 76.0 Å². The SMILES string of the molecule is O=C(O)C1(C2(O)CCOCC2)CCOC1. The molecule has 2 heterocycles. The van der Waals surface area contributed by atoms with Crippen LogP contribution in [0, 0.1) is 5.41 Å². The Morgan fingerprint density at radius 3 is 2.13 bits per heavy atom. The number of rotatable bonds is 2. The van der Waals surface area contributed by atoms with Crippen molar-refractivity contribution in [3.8, 4) is 0 Å². The number of ether oxygens (including phenoxy) is 2. The first-order valence-corrected chi connectivity index (χ1v) is 5.22. The van der Waals surface area contributed by atoms with Gasteiger partial charge in [0.25, 0.3) is 0 Å². The van der Waals surface area contributed by atoms with Crippen LogP contribution in [0.1, 0.15) is 19.3 Å². The van der Waals surface area contributed by atoms with Gasteiger partial charge >= 0.3 is 5.97 Å². The lowest BCUT2D eigenvalue weighted by molar-refractivity contribution is -0.183. The van der Waals surface area contributed by atoms with Crippen LogP contribution in [-0.4, -0.2) is 48.2 Å². The van der Waals surface area contributed by atoms with Crippen molar-refractivity contribution in [1.29, 1.82) is 0 Å². The van der Waals surface area contributed by atoms with E-state index in [1.54, 1.807) is 0 Å². The van der Waals surface area contributed by atoms with E-state index < -0.39 is 17.0 Å². The highest BCUT2D eigenvalue weighted by Crippen LogP contribution is 2.45. The molecule has 2 saturated heterocycles. The highest BCUT2D eigenvalue weighted by Gasteiger charge is 2.58. The summed E-state index contributed by atoms with van der Waals surface area (Å²) in [6.45, 7) is 1.37. The molecule has 0 aliphatic carbocycles. The minimum Gasteiger partial charge on any atom is -0.481 e. The molecule has 15 heavy (non-hydrogen) atoms. The van der Waals surface area contributed by atoms with Crippen molar-refractivity contribution in [3.63, 3.8) is 0 Å². The lowest BCUT2D eigenvalue weighted by Gasteiger charge is -2.43. The summed E-state index contributed by atoms with van der Waals surface area (Å²) in [6, 6.07) is 0. The van der Waals surface area contributed by atoms with Crippen molar-refractivity contribution < 1.29 is 24.5 Å². The lowest BCUT2D eigenvalue weighted by Crippen LogP contribution is -2.56. The largest absolute Gasteiger partial charge is 0.481 e. The maximum atomic E-state index is 11.3. The van der Waals surface area contributed by atoms with Gasteiger partial charge in [0.15, 0.2) is 0 Å². The Hall–Kier alpha value is -0.650. The second kappa shape index (κ2) is 3.73. The highest BCUT2D eigenvalue weighted by atomic mass is 16.5. The van der Waals surface area contributed by atoms with E-state index in [9.17, 15) is 15.0 Å². The van der Waals surface area contributed by atoms with E-state index in [4.69, 9.17) is 9.47 Å². The van der Waals surface area contributed by atoms with E-state index in [1.807, 2.05) is 0 Å². The van der Waals surface area contributed by atoms with Crippen molar-refractivity contribution in [2.75, 3.05) is 26.4 Å². The maximum absolute atomic E-state index is 11.3. The molecule has 0 aromatic heterocycles. The molecule has 0 bridgehead atoms. The summed E-state index contributed by atoms with van der Waals surface area (Å²) in [4.78, 5) is 11.3. The molecule has 0 aromatic carbocycles. The minimum atomic E-state index is -1.17. The molecule has 2 rings (SSSR count). The van der Waals surface area contributed by atoms with Gasteiger partial charge in [-0.2, -0.15) is 0 Å². The van der Waals surface area contributed by atoms with Crippen molar-refractivity contribution in [3.05, 3.63) is 0 Å². The number of hydrogen-bond acceptors (Lipinski definition) is 4. The fourth-order valence-corrected chi connectivity index (χ4v) is 2.49. The molecule has 0 aromatic rings. The summed E-state index contributed by atoms with van der Waals surface area (Å²) in [7, 11) is 0. The first-order valence-electron chi connectivity index (χ1n) is 5.22. The lowest BCUT2D eigenvalue weighted by atomic mass is 9.67. The normalized spacial score (nSPS) is 35.3. The van der Waals surface area contributed by atoms with Crippen molar-refractivity contribution in [2.45, 2.75) is 24.9 Å². The third-order valence-electron chi connectivity index (χ3n) is 3.64. The molecule has 1 unspecified atom stereocenters.